The lowest BCUT2D eigenvalue weighted by atomic mass is 10.0. The molecule has 1 aliphatic carbocycles. The van der Waals surface area contributed by atoms with Gasteiger partial charge >= 0.3 is 0 Å². The highest BCUT2D eigenvalue weighted by molar-refractivity contribution is 9.10. The number of halogens is 2. The Balaban J connectivity index is 0.00000220. The molecule has 5 heteroatoms. The zero-order chi connectivity index (χ0) is 14.7. The van der Waals surface area contributed by atoms with Gasteiger partial charge in [0, 0.05) is 23.0 Å². The highest BCUT2D eigenvalue weighted by Gasteiger charge is 2.44. The minimum atomic E-state index is 0. The summed E-state index contributed by atoms with van der Waals surface area (Å²) in [5.74, 6) is 1.19. The normalized spacial score (nSPS) is 21.6. The lowest BCUT2D eigenvalue weighted by Crippen LogP contribution is -2.41. The Hall–Kier alpha value is -0.580. The number of amides is 1. The van der Waals surface area contributed by atoms with Gasteiger partial charge < -0.3 is 11.1 Å². The molecule has 1 amide bonds. The van der Waals surface area contributed by atoms with E-state index in [0.717, 1.165) is 17.3 Å². The predicted octanol–water partition coefficient (Wildman–Crippen LogP) is 3.46. The molecule has 3 N–H and O–H groups in total. The molecule has 0 bridgehead atoms. The van der Waals surface area contributed by atoms with Gasteiger partial charge in [-0.3, -0.25) is 4.79 Å². The number of carbonyl (C=O) groups is 1. The summed E-state index contributed by atoms with van der Waals surface area (Å²) >= 11 is 3.48. The first-order valence-electron chi connectivity index (χ1n) is 7.27. The number of benzene rings is 1. The Morgan fingerprint density at radius 3 is 2.76 bits per heavy atom. The van der Waals surface area contributed by atoms with Crippen molar-refractivity contribution in [2.75, 3.05) is 6.54 Å². The van der Waals surface area contributed by atoms with Gasteiger partial charge in [0.25, 0.3) is 0 Å². The van der Waals surface area contributed by atoms with Crippen molar-refractivity contribution in [1.29, 1.82) is 0 Å². The average molecular weight is 376 g/mol. The number of rotatable bonds is 6. The molecule has 1 saturated carbocycles. The molecule has 1 aromatic carbocycles. The fourth-order valence-corrected chi connectivity index (χ4v) is 3.10. The molecule has 1 aliphatic rings. The van der Waals surface area contributed by atoms with Gasteiger partial charge in [0.15, 0.2) is 0 Å². The molecule has 2 rings (SSSR count). The third-order valence-electron chi connectivity index (χ3n) is 3.79. The van der Waals surface area contributed by atoms with Gasteiger partial charge in [-0.1, -0.05) is 41.9 Å². The molecule has 3 nitrogen and oxygen atoms in total. The van der Waals surface area contributed by atoms with Gasteiger partial charge in [0.05, 0.1) is 0 Å². The second-order valence-electron chi connectivity index (χ2n) is 6.07. The van der Waals surface area contributed by atoms with E-state index in [1.165, 1.54) is 5.56 Å². The molecule has 1 fully saturated rings. The van der Waals surface area contributed by atoms with Crippen LogP contribution in [0.4, 0.5) is 0 Å². The van der Waals surface area contributed by atoms with Gasteiger partial charge in [-0.15, -0.1) is 12.4 Å². The second-order valence-corrected chi connectivity index (χ2v) is 6.99. The number of nitrogens with two attached hydrogens (primary N) is 1. The Kier molecular flexibility index (Phi) is 7.17. The van der Waals surface area contributed by atoms with Crippen molar-refractivity contribution in [3.63, 3.8) is 0 Å². The van der Waals surface area contributed by atoms with Crippen LogP contribution in [0.5, 0.6) is 0 Å². The topological polar surface area (TPSA) is 55.1 Å². The van der Waals surface area contributed by atoms with E-state index in [1.807, 2.05) is 12.1 Å². The molecular weight excluding hydrogens is 352 g/mol. The minimum Gasteiger partial charge on any atom is -0.352 e. The summed E-state index contributed by atoms with van der Waals surface area (Å²) in [5, 5.41) is 3.10. The van der Waals surface area contributed by atoms with E-state index in [2.05, 4.69) is 47.2 Å². The van der Waals surface area contributed by atoms with Crippen LogP contribution in [0.3, 0.4) is 0 Å². The summed E-state index contributed by atoms with van der Waals surface area (Å²) in [7, 11) is 0. The van der Waals surface area contributed by atoms with Crippen molar-refractivity contribution in [2.24, 2.45) is 17.6 Å². The predicted molar refractivity (Wildman–Crippen MR) is 92.7 cm³/mol. The highest BCUT2D eigenvalue weighted by Crippen LogP contribution is 2.48. The van der Waals surface area contributed by atoms with E-state index in [0.29, 0.717) is 18.4 Å². The van der Waals surface area contributed by atoms with E-state index >= 15 is 0 Å². The SMILES string of the molecule is CC(C)CC(CN)NC(=O)C1CC1c1cccc(Br)c1.Cl. The Labute approximate surface area is 141 Å². The van der Waals surface area contributed by atoms with Gasteiger partial charge in [-0.05, 0) is 42.4 Å². The van der Waals surface area contributed by atoms with E-state index < -0.39 is 0 Å². The Bertz CT molecular complexity index is 481. The fourth-order valence-electron chi connectivity index (χ4n) is 2.68. The van der Waals surface area contributed by atoms with Gasteiger partial charge in [-0.2, -0.15) is 0 Å². The van der Waals surface area contributed by atoms with Crippen molar-refractivity contribution in [2.45, 2.75) is 38.6 Å². The number of hydrogen-bond acceptors (Lipinski definition) is 2. The zero-order valence-electron chi connectivity index (χ0n) is 12.5. The van der Waals surface area contributed by atoms with Crippen molar-refractivity contribution in [3.05, 3.63) is 34.3 Å². The summed E-state index contributed by atoms with van der Waals surface area (Å²) in [6.45, 7) is 4.81. The number of nitrogens with one attached hydrogen (secondary N) is 1. The quantitative estimate of drug-likeness (QED) is 0.800. The maximum atomic E-state index is 12.2. The lowest BCUT2D eigenvalue weighted by Gasteiger charge is -2.18. The lowest BCUT2D eigenvalue weighted by molar-refractivity contribution is -0.123. The van der Waals surface area contributed by atoms with Crippen molar-refractivity contribution in [1.82, 2.24) is 5.32 Å². The summed E-state index contributed by atoms with van der Waals surface area (Å²) in [4.78, 5) is 12.2. The average Bonchev–Trinajstić information content (AvgIpc) is 3.17. The van der Waals surface area contributed by atoms with Crippen LogP contribution in [0.15, 0.2) is 28.7 Å². The van der Waals surface area contributed by atoms with E-state index in [1.54, 1.807) is 0 Å². The van der Waals surface area contributed by atoms with Crippen LogP contribution in [-0.4, -0.2) is 18.5 Å². The molecule has 0 heterocycles. The molecule has 0 radical (unpaired) electrons. The van der Waals surface area contributed by atoms with Crippen LogP contribution in [0.25, 0.3) is 0 Å². The molecule has 0 saturated heterocycles. The van der Waals surface area contributed by atoms with Crippen LogP contribution in [0.2, 0.25) is 0 Å². The third kappa shape index (κ3) is 5.28. The molecule has 3 unspecified atom stereocenters. The largest absolute Gasteiger partial charge is 0.352 e. The summed E-state index contributed by atoms with van der Waals surface area (Å²) in [6.07, 6.45) is 1.89. The maximum absolute atomic E-state index is 12.2. The van der Waals surface area contributed by atoms with Crippen LogP contribution in [-0.2, 0) is 4.79 Å². The first kappa shape index (κ1) is 18.5. The zero-order valence-corrected chi connectivity index (χ0v) is 14.9. The summed E-state index contributed by atoms with van der Waals surface area (Å²) < 4.78 is 1.07. The molecule has 1 aromatic rings. The first-order chi connectivity index (χ1) is 9.51. The van der Waals surface area contributed by atoms with Crippen molar-refractivity contribution < 1.29 is 4.79 Å². The molecule has 0 spiro atoms. The molecular formula is C16H24BrClN2O. The van der Waals surface area contributed by atoms with E-state index in [-0.39, 0.29) is 30.3 Å². The maximum Gasteiger partial charge on any atom is 0.224 e. The van der Waals surface area contributed by atoms with Crippen LogP contribution in [0, 0.1) is 11.8 Å². The minimum absolute atomic E-state index is 0. The van der Waals surface area contributed by atoms with Gasteiger partial charge in [-0.25, -0.2) is 0 Å². The Morgan fingerprint density at radius 1 is 1.48 bits per heavy atom. The van der Waals surface area contributed by atoms with Crippen LogP contribution < -0.4 is 11.1 Å². The monoisotopic (exact) mass is 374 g/mol. The Morgan fingerprint density at radius 2 is 2.19 bits per heavy atom. The second kappa shape index (κ2) is 8.16. The third-order valence-corrected chi connectivity index (χ3v) is 4.28. The molecule has 0 aliphatic heterocycles. The summed E-state index contributed by atoms with van der Waals surface area (Å²) in [6, 6.07) is 8.33. The molecule has 21 heavy (non-hydrogen) atoms. The first-order valence-corrected chi connectivity index (χ1v) is 8.06. The standard InChI is InChI=1S/C16H23BrN2O.ClH/c1-10(2)6-13(9-18)19-16(20)15-8-14(15)11-4-3-5-12(17)7-11;/h3-5,7,10,13-15H,6,8-9,18H2,1-2H3,(H,19,20);1H. The van der Waals surface area contributed by atoms with Gasteiger partial charge in [0.2, 0.25) is 5.91 Å². The van der Waals surface area contributed by atoms with Crippen LogP contribution >= 0.6 is 28.3 Å². The molecule has 3 atom stereocenters. The van der Waals surface area contributed by atoms with Gasteiger partial charge in [0.1, 0.15) is 0 Å². The molecule has 118 valence electrons. The fraction of sp³-hybridized carbons (Fsp3) is 0.562. The number of carbonyl (C=O) groups excluding carboxylic acids is 1. The van der Waals surface area contributed by atoms with E-state index in [4.69, 9.17) is 5.73 Å². The summed E-state index contributed by atoms with van der Waals surface area (Å²) in [5.41, 5.74) is 6.98. The van der Waals surface area contributed by atoms with E-state index in [9.17, 15) is 4.79 Å². The van der Waals surface area contributed by atoms with Crippen molar-refractivity contribution >= 4 is 34.2 Å². The van der Waals surface area contributed by atoms with Crippen LogP contribution in [0.1, 0.15) is 38.2 Å². The molecule has 0 aromatic heterocycles. The number of hydrogen-bond donors (Lipinski definition) is 2. The highest BCUT2D eigenvalue weighted by atomic mass is 79.9. The smallest absolute Gasteiger partial charge is 0.224 e. The van der Waals surface area contributed by atoms with Crippen molar-refractivity contribution in [3.8, 4) is 0 Å².